The fourth-order valence-corrected chi connectivity index (χ4v) is 2.37. The van der Waals surface area contributed by atoms with Crippen molar-refractivity contribution in [3.8, 4) is 0 Å². The van der Waals surface area contributed by atoms with Gasteiger partial charge in [-0.15, -0.1) is 0 Å². The lowest BCUT2D eigenvalue weighted by molar-refractivity contribution is -0.137. The van der Waals surface area contributed by atoms with Crippen molar-refractivity contribution < 1.29 is 18.3 Å². The number of carbonyl (C=O) groups is 1. The summed E-state index contributed by atoms with van der Waals surface area (Å²) in [6.07, 6.45) is 2.70. The second-order valence-corrected chi connectivity index (χ2v) is 6.14. The monoisotopic (exact) mass is 302 g/mol. The molecule has 1 heterocycles. The van der Waals surface area contributed by atoms with Gasteiger partial charge in [-0.2, -0.15) is 12.7 Å². The second-order valence-electron chi connectivity index (χ2n) is 4.36. The number of anilines is 2. The second kappa shape index (κ2) is 6.53. The molecule has 0 aliphatic carbocycles. The Morgan fingerprint density at radius 3 is 2.60 bits per heavy atom. The van der Waals surface area contributed by atoms with Crippen molar-refractivity contribution in [3.05, 3.63) is 18.5 Å². The van der Waals surface area contributed by atoms with Crippen LogP contribution in [-0.4, -0.2) is 56.5 Å². The van der Waals surface area contributed by atoms with E-state index in [4.69, 9.17) is 5.11 Å². The van der Waals surface area contributed by atoms with Crippen LogP contribution in [0.5, 0.6) is 0 Å². The molecule has 0 fully saturated rings. The fourth-order valence-electron chi connectivity index (χ4n) is 1.45. The summed E-state index contributed by atoms with van der Waals surface area (Å²) in [4.78, 5) is 16.1. The molecule has 0 aromatic carbocycles. The number of pyridine rings is 1. The summed E-state index contributed by atoms with van der Waals surface area (Å²) in [7, 11) is 1.06. The quantitative estimate of drug-likeness (QED) is 0.746. The van der Waals surface area contributed by atoms with Crippen molar-refractivity contribution in [3.63, 3.8) is 0 Å². The molecular formula is C11H18N4O4S. The zero-order chi connectivity index (χ0) is 15.3. The summed E-state index contributed by atoms with van der Waals surface area (Å²) >= 11 is 0. The van der Waals surface area contributed by atoms with Gasteiger partial charge in [-0.1, -0.05) is 0 Å². The largest absolute Gasteiger partial charge is 0.481 e. The molecule has 0 spiro atoms. The molecule has 0 atom stereocenters. The molecule has 0 aliphatic rings. The maximum absolute atomic E-state index is 12.1. The Morgan fingerprint density at radius 1 is 1.40 bits per heavy atom. The van der Waals surface area contributed by atoms with Crippen LogP contribution in [0.15, 0.2) is 18.5 Å². The fraction of sp³-hybridized carbons (Fsp3) is 0.455. The van der Waals surface area contributed by atoms with Gasteiger partial charge in [0, 0.05) is 33.9 Å². The van der Waals surface area contributed by atoms with Crippen molar-refractivity contribution in [2.75, 3.05) is 37.3 Å². The summed E-state index contributed by atoms with van der Waals surface area (Å²) in [5.74, 6) is -1.05. The van der Waals surface area contributed by atoms with Crippen LogP contribution in [0.4, 0.5) is 11.4 Å². The van der Waals surface area contributed by atoms with Gasteiger partial charge in [0.25, 0.3) is 0 Å². The Balaban J connectivity index is 2.88. The van der Waals surface area contributed by atoms with Gasteiger partial charge in [0.05, 0.1) is 24.0 Å². The predicted molar refractivity (Wildman–Crippen MR) is 76.0 cm³/mol. The molecule has 1 aromatic heterocycles. The van der Waals surface area contributed by atoms with Gasteiger partial charge in [-0.05, 0) is 6.07 Å². The standard InChI is InChI=1S/C11H18N4O4S/c1-14(2)10-4-6-12-8-9(10)13-20(18,19)15(3)7-5-11(16)17/h4,6,8,13H,5,7H2,1-3H3,(H,16,17). The van der Waals surface area contributed by atoms with Crippen LogP contribution < -0.4 is 9.62 Å². The first kappa shape index (κ1) is 16.2. The minimum atomic E-state index is -3.81. The van der Waals surface area contributed by atoms with E-state index in [1.54, 1.807) is 31.3 Å². The Labute approximate surface area is 118 Å². The van der Waals surface area contributed by atoms with Crippen molar-refractivity contribution in [1.82, 2.24) is 9.29 Å². The summed E-state index contributed by atoms with van der Waals surface area (Å²) in [6.45, 7) is -0.109. The van der Waals surface area contributed by atoms with Crippen LogP contribution in [0.2, 0.25) is 0 Å². The van der Waals surface area contributed by atoms with Crippen molar-refractivity contribution in [2.45, 2.75) is 6.42 Å². The molecule has 8 nitrogen and oxygen atoms in total. The smallest absolute Gasteiger partial charge is 0.304 e. The number of carboxylic acid groups (broad SMARTS) is 1. The SMILES string of the molecule is CN(C)c1ccncc1NS(=O)(=O)N(C)CCC(=O)O. The topological polar surface area (TPSA) is 103 Å². The maximum atomic E-state index is 12.1. The number of aliphatic carboxylic acids is 1. The zero-order valence-corrected chi connectivity index (χ0v) is 12.4. The Kier molecular flexibility index (Phi) is 5.28. The number of hydrogen-bond acceptors (Lipinski definition) is 5. The van der Waals surface area contributed by atoms with Gasteiger partial charge in [-0.3, -0.25) is 14.5 Å². The molecule has 20 heavy (non-hydrogen) atoms. The number of carboxylic acids is 1. The molecular weight excluding hydrogens is 284 g/mol. The molecule has 0 unspecified atom stereocenters. The van der Waals surface area contributed by atoms with Crippen LogP contribution in [0.25, 0.3) is 0 Å². The van der Waals surface area contributed by atoms with E-state index in [-0.39, 0.29) is 13.0 Å². The number of nitrogens with zero attached hydrogens (tertiary/aromatic N) is 3. The molecule has 0 saturated heterocycles. The molecule has 1 rings (SSSR count). The normalized spacial score (nSPS) is 11.4. The van der Waals surface area contributed by atoms with Gasteiger partial charge in [0.2, 0.25) is 0 Å². The highest BCUT2D eigenvalue weighted by Crippen LogP contribution is 2.23. The molecule has 0 aliphatic heterocycles. The molecule has 0 amide bonds. The van der Waals surface area contributed by atoms with Crippen molar-refractivity contribution in [2.24, 2.45) is 0 Å². The van der Waals surface area contributed by atoms with Gasteiger partial charge in [0.1, 0.15) is 0 Å². The average Bonchev–Trinajstić information content (AvgIpc) is 2.35. The van der Waals surface area contributed by atoms with Gasteiger partial charge < -0.3 is 10.0 Å². The van der Waals surface area contributed by atoms with Gasteiger partial charge >= 0.3 is 16.2 Å². The molecule has 1 aromatic rings. The summed E-state index contributed by atoms with van der Waals surface area (Å²) in [5.41, 5.74) is 0.995. The van der Waals surface area contributed by atoms with Gasteiger partial charge in [-0.25, -0.2) is 0 Å². The Hall–Kier alpha value is -1.87. The molecule has 2 N–H and O–H groups in total. The highest BCUT2D eigenvalue weighted by molar-refractivity contribution is 7.90. The van der Waals surface area contributed by atoms with E-state index >= 15 is 0 Å². The number of nitrogens with one attached hydrogen (secondary N) is 1. The predicted octanol–water partition coefficient (Wildman–Crippen LogP) is 0.211. The third-order valence-corrected chi connectivity index (χ3v) is 4.05. The van der Waals surface area contributed by atoms with E-state index in [1.165, 1.54) is 13.2 Å². The first-order chi connectivity index (χ1) is 9.24. The van der Waals surface area contributed by atoms with E-state index in [0.717, 1.165) is 4.31 Å². The third kappa shape index (κ3) is 4.35. The van der Waals surface area contributed by atoms with Crippen LogP contribution >= 0.6 is 0 Å². The lowest BCUT2D eigenvalue weighted by Gasteiger charge is -2.21. The van der Waals surface area contributed by atoms with Crippen LogP contribution in [0.3, 0.4) is 0 Å². The number of hydrogen-bond donors (Lipinski definition) is 2. The van der Waals surface area contributed by atoms with E-state index in [9.17, 15) is 13.2 Å². The molecule has 0 saturated carbocycles. The lowest BCUT2D eigenvalue weighted by atomic mass is 10.3. The minimum absolute atomic E-state index is 0.109. The average molecular weight is 302 g/mol. The van der Waals surface area contributed by atoms with E-state index in [2.05, 4.69) is 9.71 Å². The van der Waals surface area contributed by atoms with Crippen LogP contribution in [0, 0.1) is 0 Å². The van der Waals surface area contributed by atoms with Crippen molar-refractivity contribution >= 4 is 27.6 Å². The third-order valence-electron chi connectivity index (χ3n) is 2.57. The van der Waals surface area contributed by atoms with E-state index in [1.807, 2.05) is 0 Å². The van der Waals surface area contributed by atoms with Crippen LogP contribution in [0.1, 0.15) is 6.42 Å². The van der Waals surface area contributed by atoms with Crippen LogP contribution in [-0.2, 0) is 15.0 Å². The summed E-state index contributed by atoms with van der Waals surface area (Å²) in [6, 6.07) is 1.68. The lowest BCUT2D eigenvalue weighted by Crippen LogP contribution is -2.34. The first-order valence-electron chi connectivity index (χ1n) is 5.81. The highest BCUT2D eigenvalue weighted by Gasteiger charge is 2.20. The summed E-state index contributed by atoms with van der Waals surface area (Å²) in [5, 5.41) is 8.58. The minimum Gasteiger partial charge on any atom is -0.481 e. The van der Waals surface area contributed by atoms with Gasteiger partial charge in [0.15, 0.2) is 0 Å². The first-order valence-corrected chi connectivity index (χ1v) is 7.25. The number of aromatic nitrogens is 1. The molecule has 9 heteroatoms. The molecule has 112 valence electrons. The van der Waals surface area contributed by atoms with E-state index in [0.29, 0.717) is 11.4 Å². The highest BCUT2D eigenvalue weighted by atomic mass is 32.2. The molecule has 0 radical (unpaired) electrons. The van der Waals surface area contributed by atoms with E-state index < -0.39 is 16.2 Å². The Bertz CT molecular complexity index is 574. The zero-order valence-electron chi connectivity index (χ0n) is 11.6. The number of rotatable bonds is 7. The molecule has 0 bridgehead atoms. The summed E-state index contributed by atoms with van der Waals surface area (Å²) < 4.78 is 27.5. The Morgan fingerprint density at radius 2 is 2.05 bits per heavy atom. The maximum Gasteiger partial charge on any atom is 0.304 e. The van der Waals surface area contributed by atoms with Crippen molar-refractivity contribution in [1.29, 1.82) is 0 Å².